The predicted molar refractivity (Wildman–Crippen MR) is 86.8 cm³/mol. The van der Waals surface area contributed by atoms with Crippen molar-refractivity contribution in [3.63, 3.8) is 0 Å². The lowest BCUT2D eigenvalue weighted by atomic mass is 10.0. The van der Waals surface area contributed by atoms with Crippen LogP contribution in [0.1, 0.15) is 36.8 Å². The van der Waals surface area contributed by atoms with E-state index in [9.17, 15) is 9.59 Å². The summed E-state index contributed by atoms with van der Waals surface area (Å²) < 4.78 is 0. The number of piperidine rings is 1. The normalized spacial score (nSPS) is 22.3. The second-order valence-corrected chi connectivity index (χ2v) is 6.58. The van der Waals surface area contributed by atoms with Gasteiger partial charge in [0, 0.05) is 31.7 Å². The molecule has 2 aliphatic heterocycles. The van der Waals surface area contributed by atoms with Gasteiger partial charge in [-0.25, -0.2) is 0 Å². The highest BCUT2D eigenvalue weighted by molar-refractivity contribution is 6.00. The summed E-state index contributed by atoms with van der Waals surface area (Å²) in [5.74, 6) is 0.0638. The third kappa shape index (κ3) is 2.87. The number of carbonyl (C=O) groups is 2. The fourth-order valence-electron chi connectivity index (χ4n) is 3.59. The summed E-state index contributed by atoms with van der Waals surface area (Å²) in [4.78, 5) is 28.7. The molecule has 0 N–H and O–H groups in total. The lowest BCUT2D eigenvalue weighted by molar-refractivity contribution is -0.136. The Morgan fingerprint density at radius 3 is 2.55 bits per heavy atom. The third-order valence-corrected chi connectivity index (χ3v) is 4.79. The topological polar surface area (TPSA) is 40.6 Å². The second kappa shape index (κ2) is 6.11. The van der Waals surface area contributed by atoms with Crippen molar-refractivity contribution in [2.45, 2.75) is 39.5 Å². The first-order valence-corrected chi connectivity index (χ1v) is 8.22. The number of rotatable bonds is 2. The van der Waals surface area contributed by atoms with Crippen LogP contribution in [0.25, 0.3) is 0 Å². The van der Waals surface area contributed by atoms with E-state index in [2.05, 4.69) is 6.07 Å². The molecule has 22 heavy (non-hydrogen) atoms. The molecule has 3 rings (SSSR count). The van der Waals surface area contributed by atoms with Crippen molar-refractivity contribution in [1.82, 2.24) is 4.90 Å². The molecule has 1 aromatic rings. The van der Waals surface area contributed by atoms with Gasteiger partial charge in [0.05, 0.1) is 5.92 Å². The van der Waals surface area contributed by atoms with E-state index in [1.165, 1.54) is 12.0 Å². The molecule has 1 atom stereocenters. The summed E-state index contributed by atoms with van der Waals surface area (Å²) in [6.45, 7) is 6.30. The molecule has 0 aromatic heterocycles. The number of benzene rings is 1. The Morgan fingerprint density at radius 2 is 1.86 bits per heavy atom. The van der Waals surface area contributed by atoms with Gasteiger partial charge >= 0.3 is 0 Å². The standard InChI is InChI=1S/C18H24N2O2/c1-13-6-7-16(14(2)10-13)20-12-15(11-17(20)21)18(22)19-8-4-3-5-9-19/h6-7,10,15H,3-5,8-9,11-12H2,1-2H3. The number of likely N-dealkylation sites (tertiary alicyclic amines) is 1. The second-order valence-electron chi connectivity index (χ2n) is 6.58. The van der Waals surface area contributed by atoms with Crippen LogP contribution in [-0.2, 0) is 9.59 Å². The predicted octanol–water partition coefficient (Wildman–Crippen LogP) is 2.67. The number of anilines is 1. The molecule has 0 aliphatic carbocycles. The van der Waals surface area contributed by atoms with Crippen molar-refractivity contribution in [3.8, 4) is 0 Å². The molecule has 4 heteroatoms. The average Bonchev–Trinajstić information content (AvgIpc) is 2.89. The largest absolute Gasteiger partial charge is 0.342 e. The van der Waals surface area contributed by atoms with Crippen molar-refractivity contribution in [1.29, 1.82) is 0 Å². The van der Waals surface area contributed by atoms with E-state index in [0.29, 0.717) is 13.0 Å². The van der Waals surface area contributed by atoms with Crippen LogP contribution in [0.15, 0.2) is 18.2 Å². The van der Waals surface area contributed by atoms with Gasteiger partial charge < -0.3 is 9.80 Å². The molecule has 2 aliphatic rings. The van der Waals surface area contributed by atoms with Gasteiger partial charge in [0.1, 0.15) is 0 Å². The fraction of sp³-hybridized carbons (Fsp3) is 0.556. The molecule has 2 heterocycles. The Labute approximate surface area is 132 Å². The van der Waals surface area contributed by atoms with Crippen LogP contribution in [0, 0.1) is 19.8 Å². The maximum atomic E-state index is 12.6. The lowest BCUT2D eigenvalue weighted by Crippen LogP contribution is -2.40. The number of amides is 2. The molecule has 2 saturated heterocycles. The molecule has 118 valence electrons. The van der Waals surface area contributed by atoms with E-state index >= 15 is 0 Å². The highest BCUT2D eigenvalue weighted by Crippen LogP contribution is 2.29. The number of hydrogen-bond acceptors (Lipinski definition) is 2. The number of hydrogen-bond donors (Lipinski definition) is 0. The molecule has 0 radical (unpaired) electrons. The highest BCUT2D eigenvalue weighted by atomic mass is 16.2. The van der Waals surface area contributed by atoms with E-state index in [1.807, 2.05) is 30.9 Å². The quantitative estimate of drug-likeness (QED) is 0.842. The number of nitrogens with zero attached hydrogens (tertiary/aromatic N) is 2. The average molecular weight is 300 g/mol. The van der Waals surface area contributed by atoms with Crippen LogP contribution in [0.4, 0.5) is 5.69 Å². The molecular formula is C18H24N2O2. The Kier molecular flexibility index (Phi) is 4.19. The van der Waals surface area contributed by atoms with Crippen LogP contribution in [0.2, 0.25) is 0 Å². The van der Waals surface area contributed by atoms with Gasteiger partial charge in [-0.1, -0.05) is 17.7 Å². The monoisotopic (exact) mass is 300 g/mol. The zero-order chi connectivity index (χ0) is 15.7. The minimum Gasteiger partial charge on any atom is -0.342 e. The molecule has 0 saturated carbocycles. The molecule has 0 spiro atoms. The summed E-state index contributed by atoms with van der Waals surface area (Å²) in [5.41, 5.74) is 3.23. The van der Waals surface area contributed by atoms with Gasteiger partial charge in [-0.3, -0.25) is 9.59 Å². The summed E-state index contributed by atoms with van der Waals surface area (Å²) in [6, 6.07) is 6.11. The minimum atomic E-state index is -0.175. The molecular weight excluding hydrogens is 276 g/mol. The van der Waals surface area contributed by atoms with Gasteiger partial charge in [-0.2, -0.15) is 0 Å². The van der Waals surface area contributed by atoms with Crippen molar-refractivity contribution >= 4 is 17.5 Å². The minimum absolute atomic E-state index is 0.0716. The van der Waals surface area contributed by atoms with Gasteiger partial charge in [-0.05, 0) is 44.7 Å². The fourth-order valence-corrected chi connectivity index (χ4v) is 3.59. The summed E-state index contributed by atoms with van der Waals surface area (Å²) in [6.07, 6.45) is 3.74. The molecule has 2 fully saturated rings. The smallest absolute Gasteiger partial charge is 0.228 e. The summed E-state index contributed by atoms with van der Waals surface area (Å²) in [5, 5.41) is 0. The van der Waals surface area contributed by atoms with E-state index in [1.54, 1.807) is 4.90 Å². The zero-order valence-electron chi connectivity index (χ0n) is 13.5. The highest BCUT2D eigenvalue weighted by Gasteiger charge is 2.37. The lowest BCUT2D eigenvalue weighted by Gasteiger charge is -2.29. The summed E-state index contributed by atoms with van der Waals surface area (Å²) >= 11 is 0. The van der Waals surface area contributed by atoms with Gasteiger partial charge in [0.25, 0.3) is 0 Å². The Balaban J connectivity index is 1.74. The van der Waals surface area contributed by atoms with Gasteiger partial charge in [0.2, 0.25) is 11.8 Å². The SMILES string of the molecule is Cc1ccc(N2CC(C(=O)N3CCCCC3)CC2=O)c(C)c1. The molecule has 0 bridgehead atoms. The number of carbonyl (C=O) groups excluding carboxylic acids is 2. The maximum absolute atomic E-state index is 12.6. The molecule has 1 aromatic carbocycles. The number of aryl methyl sites for hydroxylation is 2. The molecule has 1 unspecified atom stereocenters. The first kappa shape index (κ1) is 15.1. The maximum Gasteiger partial charge on any atom is 0.228 e. The first-order valence-electron chi connectivity index (χ1n) is 8.22. The zero-order valence-corrected chi connectivity index (χ0v) is 13.5. The Bertz CT molecular complexity index is 591. The first-order chi connectivity index (χ1) is 10.6. The van der Waals surface area contributed by atoms with E-state index in [-0.39, 0.29) is 17.7 Å². The van der Waals surface area contributed by atoms with Crippen molar-refractivity contribution in [3.05, 3.63) is 29.3 Å². The Hall–Kier alpha value is -1.84. The summed E-state index contributed by atoms with van der Waals surface area (Å²) in [7, 11) is 0. The van der Waals surface area contributed by atoms with E-state index in [0.717, 1.165) is 37.2 Å². The van der Waals surface area contributed by atoms with Crippen molar-refractivity contribution < 1.29 is 9.59 Å². The van der Waals surface area contributed by atoms with E-state index in [4.69, 9.17) is 0 Å². The van der Waals surface area contributed by atoms with Crippen LogP contribution in [0.5, 0.6) is 0 Å². The van der Waals surface area contributed by atoms with Crippen LogP contribution in [0.3, 0.4) is 0 Å². The van der Waals surface area contributed by atoms with Crippen LogP contribution in [-0.4, -0.2) is 36.3 Å². The van der Waals surface area contributed by atoms with Crippen molar-refractivity contribution in [2.24, 2.45) is 5.92 Å². The molecule has 2 amide bonds. The van der Waals surface area contributed by atoms with Gasteiger partial charge in [0.15, 0.2) is 0 Å². The van der Waals surface area contributed by atoms with E-state index < -0.39 is 0 Å². The van der Waals surface area contributed by atoms with Crippen LogP contribution >= 0.6 is 0 Å². The molecule has 4 nitrogen and oxygen atoms in total. The third-order valence-electron chi connectivity index (χ3n) is 4.79. The van der Waals surface area contributed by atoms with Crippen molar-refractivity contribution in [2.75, 3.05) is 24.5 Å². The Morgan fingerprint density at radius 1 is 1.14 bits per heavy atom. The van der Waals surface area contributed by atoms with Gasteiger partial charge in [-0.15, -0.1) is 0 Å². The van der Waals surface area contributed by atoms with Crippen LogP contribution < -0.4 is 4.90 Å².